The van der Waals surface area contributed by atoms with Crippen LogP contribution in [0.4, 0.5) is 5.13 Å². The summed E-state index contributed by atoms with van der Waals surface area (Å²) in [6.45, 7) is 6.22. The number of aromatic carboxylic acids is 1. The molecule has 1 aliphatic rings. The van der Waals surface area contributed by atoms with Gasteiger partial charge in [-0.05, 0) is 20.3 Å². The number of rotatable bonds is 2. The molecule has 0 spiro atoms. The van der Waals surface area contributed by atoms with Gasteiger partial charge in [0, 0.05) is 24.6 Å². The van der Waals surface area contributed by atoms with E-state index in [-0.39, 0.29) is 11.8 Å². The average Bonchev–Trinajstić information content (AvgIpc) is 2.51. The first kappa shape index (κ1) is 12.3. The van der Waals surface area contributed by atoms with Gasteiger partial charge in [-0.1, -0.05) is 0 Å². The molecule has 2 heterocycles. The van der Waals surface area contributed by atoms with E-state index in [2.05, 4.69) is 9.88 Å². The van der Waals surface area contributed by atoms with Crippen LogP contribution in [0, 0.1) is 6.92 Å². The van der Waals surface area contributed by atoms with Gasteiger partial charge in [-0.15, -0.1) is 11.3 Å². The Morgan fingerprint density at radius 2 is 2.41 bits per heavy atom. The zero-order valence-electron chi connectivity index (χ0n) is 9.97. The van der Waals surface area contributed by atoms with Crippen molar-refractivity contribution in [1.82, 2.24) is 4.98 Å². The quantitative estimate of drug-likeness (QED) is 0.873. The lowest BCUT2D eigenvalue weighted by Gasteiger charge is -2.20. The van der Waals surface area contributed by atoms with Crippen molar-refractivity contribution in [3.05, 3.63) is 10.6 Å². The van der Waals surface area contributed by atoms with Gasteiger partial charge in [-0.25, -0.2) is 9.78 Å². The summed E-state index contributed by atoms with van der Waals surface area (Å²) in [5.41, 5.74) is 0.169. The lowest BCUT2D eigenvalue weighted by atomic mass is 10.3. The first-order valence-electron chi connectivity index (χ1n) is 5.65. The van der Waals surface area contributed by atoms with Crippen molar-refractivity contribution in [1.29, 1.82) is 0 Å². The summed E-state index contributed by atoms with van der Waals surface area (Å²) < 4.78 is 5.56. The Kier molecular flexibility index (Phi) is 3.63. The van der Waals surface area contributed by atoms with Gasteiger partial charge in [0.15, 0.2) is 10.8 Å². The second-order valence-electron chi connectivity index (χ2n) is 4.19. The second kappa shape index (κ2) is 5.01. The molecule has 0 aliphatic carbocycles. The van der Waals surface area contributed by atoms with Crippen molar-refractivity contribution in [3.63, 3.8) is 0 Å². The molecule has 0 saturated carbocycles. The molecule has 2 rings (SSSR count). The number of carboxylic acids is 1. The van der Waals surface area contributed by atoms with Gasteiger partial charge in [-0.2, -0.15) is 0 Å². The molecule has 6 heteroatoms. The molecule has 0 radical (unpaired) electrons. The third-order valence-corrected chi connectivity index (χ3v) is 3.74. The molecular weight excluding hydrogens is 240 g/mol. The maximum Gasteiger partial charge on any atom is 0.355 e. The third-order valence-electron chi connectivity index (χ3n) is 2.71. The molecule has 1 aromatic rings. The van der Waals surface area contributed by atoms with E-state index >= 15 is 0 Å². The van der Waals surface area contributed by atoms with Gasteiger partial charge in [-0.3, -0.25) is 0 Å². The monoisotopic (exact) mass is 256 g/mol. The minimum atomic E-state index is -0.955. The average molecular weight is 256 g/mol. The van der Waals surface area contributed by atoms with E-state index in [1.807, 2.05) is 6.92 Å². The highest BCUT2D eigenvalue weighted by molar-refractivity contribution is 7.15. The summed E-state index contributed by atoms with van der Waals surface area (Å²) in [5.74, 6) is -0.955. The summed E-state index contributed by atoms with van der Waals surface area (Å²) in [7, 11) is 0. The zero-order chi connectivity index (χ0) is 12.4. The summed E-state index contributed by atoms with van der Waals surface area (Å²) in [6, 6.07) is 0. The van der Waals surface area contributed by atoms with E-state index in [9.17, 15) is 4.79 Å². The number of nitrogens with zero attached hydrogens (tertiary/aromatic N) is 2. The van der Waals surface area contributed by atoms with Crippen LogP contribution in [0.15, 0.2) is 0 Å². The van der Waals surface area contributed by atoms with Crippen LogP contribution >= 0.6 is 11.3 Å². The fourth-order valence-electron chi connectivity index (χ4n) is 1.88. The van der Waals surface area contributed by atoms with Gasteiger partial charge in [0.05, 0.1) is 6.10 Å². The molecule has 1 aromatic heterocycles. The van der Waals surface area contributed by atoms with Crippen molar-refractivity contribution < 1.29 is 14.6 Å². The fourth-order valence-corrected chi connectivity index (χ4v) is 2.82. The lowest BCUT2D eigenvalue weighted by Crippen LogP contribution is -2.30. The van der Waals surface area contributed by atoms with Crippen LogP contribution in [-0.4, -0.2) is 41.9 Å². The number of aromatic nitrogens is 1. The number of aryl methyl sites for hydroxylation is 1. The molecule has 1 atom stereocenters. The molecule has 1 fully saturated rings. The first-order chi connectivity index (χ1) is 8.08. The van der Waals surface area contributed by atoms with Gasteiger partial charge < -0.3 is 14.7 Å². The maximum absolute atomic E-state index is 11.0. The second-order valence-corrected chi connectivity index (χ2v) is 5.37. The molecule has 0 bridgehead atoms. The Balaban J connectivity index is 2.20. The third kappa shape index (κ3) is 2.76. The normalized spacial score (nSPS) is 21.3. The zero-order valence-corrected chi connectivity index (χ0v) is 10.8. The highest BCUT2D eigenvalue weighted by atomic mass is 32.1. The van der Waals surface area contributed by atoms with Crippen LogP contribution in [0.5, 0.6) is 0 Å². The molecule has 1 saturated heterocycles. The molecule has 17 heavy (non-hydrogen) atoms. The van der Waals surface area contributed by atoms with Crippen LogP contribution in [-0.2, 0) is 4.74 Å². The molecule has 1 aliphatic heterocycles. The van der Waals surface area contributed by atoms with E-state index in [4.69, 9.17) is 9.84 Å². The summed E-state index contributed by atoms with van der Waals surface area (Å²) in [5, 5.41) is 9.77. The van der Waals surface area contributed by atoms with Crippen molar-refractivity contribution >= 4 is 22.4 Å². The van der Waals surface area contributed by atoms with Gasteiger partial charge >= 0.3 is 5.97 Å². The molecule has 0 aromatic carbocycles. The molecular formula is C11H16N2O3S. The number of hydrogen-bond acceptors (Lipinski definition) is 5. The Hall–Kier alpha value is -1.14. The van der Waals surface area contributed by atoms with E-state index in [1.165, 1.54) is 11.3 Å². The standard InChI is InChI=1S/C11H16N2O3S/c1-7-6-13(4-3-5-16-7)11-12-9(10(14)15)8(2)17-11/h7H,3-6H2,1-2H3,(H,14,15). The topological polar surface area (TPSA) is 62.7 Å². The molecule has 1 unspecified atom stereocenters. The van der Waals surface area contributed by atoms with Crippen LogP contribution < -0.4 is 4.90 Å². The fraction of sp³-hybridized carbons (Fsp3) is 0.636. The van der Waals surface area contributed by atoms with Crippen LogP contribution in [0.2, 0.25) is 0 Å². The summed E-state index contributed by atoms with van der Waals surface area (Å²) in [6.07, 6.45) is 1.11. The molecule has 1 N–H and O–H groups in total. The van der Waals surface area contributed by atoms with Crippen LogP contribution in [0.25, 0.3) is 0 Å². The number of hydrogen-bond donors (Lipinski definition) is 1. The number of carboxylic acid groups (broad SMARTS) is 1. The van der Waals surface area contributed by atoms with Gasteiger partial charge in [0.1, 0.15) is 0 Å². The van der Waals surface area contributed by atoms with E-state index in [0.29, 0.717) is 0 Å². The van der Waals surface area contributed by atoms with Crippen molar-refractivity contribution in [2.45, 2.75) is 26.4 Å². The largest absolute Gasteiger partial charge is 0.476 e. The predicted molar refractivity (Wildman–Crippen MR) is 66.1 cm³/mol. The lowest BCUT2D eigenvalue weighted by molar-refractivity contribution is 0.0690. The number of anilines is 1. The Labute approximate surface area is 104 Å². The number of carbonyl (C=O) groups is 1. The first-order valence-corrected chi connectivity index (χ1v) is 6.47. The van der Waals surface area contributed by atoms with E-state index in [0.717, 1.165) is 36.1 Å². The summed E-state index contributed by atoms with van der Waals surface area (Å²) in [4.78, 5) is 18.0. The predicted octanol–water partition coefficient (Wildman–Crippen LogP) is 1.76. The molecule has 0 amide bonds. The Morgan fingerprint density at radius 3 is 3.06 bits per heavy atom. The van der Waals surface area contributed by atoms with Crippen molar-refractivity contribution in [2.75, 3.05) is 24.6 Å². The highest BCUT2D eigenvalue weighted by Crippen LogP contribution is 2.27. The minimum Gasteiger partial charge on any atom is -0.476 e. The molecule has 5 nitrogen and oxygen atoms in total. The van der Waals surface area contributed by atoms with E-state index in [1.54, 1.807) is 6.92 Å². The van der Waals surface area contributed by atoms with Gasteiger partial charge in [0.25, 0.3) is 0 Å². The maximum atomic E-state index is 11.0. The Bertz CT molecular complexity index is 419. The van der Waals surface area contributed by atoms with Crippen molar-refractivity contribution in [2.24, 2.45) is 0 Å². The van der Waals surface area contributed by atoms with Crippen LogP contribution in [0.3, 0.4) is 0 Å². The minimum absolute atomic E-state index is 0.162. The summed E-state index contributed by atoms with van der Waals surface area (Å²) >= 11 is 1.44. The van der Waals surface area contributed by atoms with Gasteiger partial charge in [0.2, 0.25) is 0 Å². The molecule has 94 valence electrons. The van der Waals surface area contributed by atoms with Crippen molar-refractivity contribution in [3.8, 4) is 0 Å². The highest BCUT2D eigenvalue weighted by Gasteiger charge is 2.21. The number of thiazole rings is 1. The smallest absolute Gasteiger partial charge is 0.355 e. The number of ether oxygens (including phenoxy) is 1. The Morgan fingerprint density at radius 1 is 1.65 bits per heavy atom. The SMILES string of the molecule is Cc1sc(N2CCCOC(C)C2)nc1C(=O)O. The van der Waals surface area contributed by atoms with E-state index < -0.39 is 5.97 Å². The van der Waals surface area contributed by atoms with Crippen LogP contribution in [0.1, 0.15) is 28.7 Å².